The second kappa shape index (κ2) is 8.44. The van der Waals surface area contributed by atoms with E-state index in [0.29, 0.717) is 19.6 Å². The van der Waals surface area contributed by atoms with E-state index >= 15 is 0 Å². The van der Waals surface area contributed by atoms with E-state index in [1.807, 2.05) is 40.3 Å². The minimum absolute atomic E-state index is 0.0316. The summed E-state index contributed by atoms with van der Waals surface area (Å²) in [6.07, 6.45) is 5.54. The third kappa shape index (κ3) is 4.07. The molecule has 1 aromatic carbocycles. The number of benzene rings is 1. The Bertz CT molecular complexity index is 666. The molecule has 2 fully saturated rings. The van der Waals surface area contributed by atoms with Crippen molar-refractivity contribution >= 4 is 23.6 Å². The van der Waals surface area contributed by atoms with Crippen LogP contribution in [-0.2, 0) is 9.53 Å². The van der Waals surface area contributed by atoms with Gasteiger partial charge in [-0.15, -0.1) is 11.8 Å². The van der Waals surface area contributed by atoms with Crippen molar-refractivity contribution in [3.8, 4) is 0 Å². The summed E-state index contributed by atoms with van der Waals surface area (Å²) in [5, 5.41) is 0. The predicted octanol–water partition coefficient (Wildman–Crippen LogP) is 2.90. The molecule has 2 saturated heterocycles. The van der Waals surface area contributed by atoms with Crippen LogP contribution in [0.4, 0.5) is 0 Å². The number of ether oxygens (including phenoxy) is 1. The van der Waals surface area contributed by atoms with Gasteiger partial charge in [0.2, 0.25) is 5.91 Å². The highest BCUT2D eigenvalue weighted by atomic mass is 32.2. The number of piperidine rings is 2. The summed E-state index contributed by atoms with van der Waals surface area (Å²) in [6.45, 7) is 3.48. The van der Waals surface area contributed by atoms with Crippen molar-refractivity contribution in [2.75, 3.05) is 46.2 Å². The maximum absolute atomic E-state index is 13.1. The van der Waals surface area contributed by atoms with Gasteiger partial charge in [-0.25, -0.2) is 0 Å². The first-order chi connectivity index (χ1) is 12.6. The van der Waals surface area contributed by atoms with E-state index in [-0.39, 0.29) is 17.2 Å². The Labute approximate surface area is 160 Å². The average molecular weight is 377 g/mol. The summed E-state index contributed by atoms with van der Waals surface area (Å²) in [4.78, 5) is 30.3. The molecule has 2 aliphatic heterocycles. The molecule has 1 spiro atoms. The number of thioether (sulfide) groups is 1. The summed E-state index contributed by atoms with van der Waals surface area (Å²) >= 11 is 1.61. The second-order valence-corrected chi connectivity index (χ2v) is 8.19. The molecule has 0 saturated carbocycles. The van der Waals surface area contributed by atoms with Crippen LogP contribution in [0.15, 0.2) is 29.2 Å². The van der Waals surface area contributed by atoms with Gasteiger partial charge in [-0.05, 0) is 37.7 Å². The fraction of sp³-hybridized carbons (Fsp3) is 0.600. The zero-order valence-electron chi connectivity index (χ0n) is 15.7. The van der Waals surface area contributed by atoms with Crippen LogP contribution in [0.25, 0.3) is 0 Å². The molecule has 26 heavy (non-hydrogen) atoms. The summed E-state index contributed by atoms with van der Waals surface area (Å²) < 4.78 is 5.15. The molecule has 0 aromatic heterocycles. The highest BCUT2D eigenvalue weighted by molar-refractivity contribution is 7.98. The van der Waals surface area contributed by atoms with E-state index in [1.165, 1.54) is 0 Å². The lowest BCUT2D eigenvalue weighted by Gasteiger charge is -2.48. The fourth-order valence-electron chi connectivity index (χ4n) is 4.21. The van der Waals surface area contributed by atoms with Gasteiger partial charge in [0.25, 0.3) is 5.91 Å². The molecule has 2 aliphatic rings. The molecule has 0 radical (unpaired) electrons. The molecule has 0 aliphatic carbocycles. The molecule has 0 unspecified atom stereocenters. The van der Waals surface area contributed by atoms with Crippen LogP contribution < -0.4 is 0 Å². The van der Waals surface area contributed by atoms with Crippen molar-refractivity contribution in [1.82, 2.24) is 9.80 Å². The molecule has 2 amide bonds. The normalized spacial score (nSPS) is 23.5. The van der Waals surface area contributed by atoms with Crippen molar-refractivity contribution in [2.24, 2.45) is 5.41 Å². The van der Waals surface area contributed by atoms with Crippen molar-refractivity contribution in [1.29, 1.82) is 0 Å². The molecule has 0 bridgehead atoms. The molecular formula is C20H28N2O3S. The lowest BCUT2D eigenvalue weighted by molar-refractivity contribution is -0.139. The van der Waals surface area contributed by atoms with Gasteiger partial charge in [0, 0.05) is 50.0 Å². The Morgan fingerprint density at radius 1 is 1.27 bits per heavy atom. The highest BCUT2D eigenvalue weighted by Gasteiger charge is 2.42. The predicted molar refractivity (Wildman–Crippen MR) is 103 cm³/mol. The Morgan fingerprint density at radius 3 is 2.85 bits per heavy atom. The van der Waals surface area contributed by atoms with Gasteiger partial charge in [-0.3, -0.25) is 9.59 Å². The van der Waals surface area contributed by atoms with E-state index in [4.69, 9.17) is 4.74 Å². The standard InChI is InChI=1S/C20H28N2O3S/c1-25-13-12-21-14-20(10-8-18(21)23)9-5-11-22(15-20)19(24)16-6-3-4-7-17(16)26-2/h3-4,6-7H,5,8-15H2,1-2H3/t20-/m1/s1. The van der Waals surface area contributed by atoms with Crippen molar-refractivity contribution in [3.63, 3.8) is 0 Å². The number of carbonyl (C=O) groups excluding carboxylic acids is 2. The van der Waals surface area contributed by atoms with Crippen LogP contribution in [0.1, 0.15) is 36.0 Å². The average Bonchev–Trinajstić information content (AvgIpc) is 2.68. The minimum Gasteiger partial charge on any atom is -0.383 e. The first kappa shape index (κ1) is 19.2. The number of carbonyl (C=O) groups is 2. The second-order valence-electron chi connectivity index (χ2n) is 7.34. The zero-order valence-corrected chi connectivity index (χ0v) is 16.5. The van der Waals surface area contributed by atoms with E-state index in [1.54, 1.807) is 18.9 Å². The van der Waals surface area contributed by atoms with E-state index < -0.39 is 0 Å². The monoisotopic (exact) mass is 376 g/mol. The summed E-state index contributed by atoms with van der Waals surface area (Å²) in [7, 11) is 1.66. The van der Waals surface area contributed by atoms with Gasteiger partial charge in [0.05, 0.1) is 12.2 Å². The highest BCUT2D eigenvalue weighted by Crippen LogP contribution is 2.39. The summed E-state index contributed by atoms with van der Waals surface area (Å²) in [5.74, 6) is 0.332. The molecule has 142 valence electrons. The van der Waals surface area contributed by atoms with Gasteiger partial charge in [-0.2, -0.15) is 0 Å². The number of hydrogen-bond acceptors (Lipinski definition) is 4. The van der Waals surface area contributed by atoms with Crippen LogP contribution >= 0.6 is 11.8 Å². The van der Waals surface area contributed by atoms with E-state index in [2.05, 4.69) is 0 Å². The lowest BCUT2D eigenvalue weighted by Crippen LogP contribution is -2.55. The first-order valence-electron chi connectivity index (χ1n) is 9.27. The molecule has 3 rings (SSSR count). The van der Waals surface area contributed by atoms with Crippen LogP contribution in [0.5, 0.6) is 0 Å². The lowest BCUT2D eigenvalue weighted by atomic mass is 9.73. The minimum atomic E-state index is 0.0316. The van der Waals surface area contributed by atoms with Gasteiger partial charge in [0.15, 0.2) is 0 Å². The Hall–Kier alpha value is -1.53. The number of methoxy groups -OCH3 is 1. The molecule has 1 atom stereocenters. The Kier molecular flexibility index (Phi) is 6.24. The van der Waals surface area contributed by atoms with Crippen molar-refractivity contribution in [2.45, 2.75) is 30.6 Å². The summed E-state index contributed by atoms with van der Waals surface area (Å²) in [6, 6.07) is 7.83. The molecule has 5 nitrogen and oxygen atoms in total. The maximum atomic E-state index is 13.1. The van der Waals surface area contributed by atoms with Gasteiger partial charge in [0.1, 0.15) is 0 Å². The van der Waals surface area contributed by atoms with Crippen molar-refractivity contribution < 1.29 is 14.3 Å². The SMILES string of the molecule is COCCN1C[C@@]2(CCCN(C(=O)c3ccccc3SC)C2)CCC1=O. The molecule has 1 aromatic rings. The van der Waals surface area contributed by atoms with Crippen molar-refractivity contribution in [3.05, 3.63) is 29.8 Å². The molecule has 0 N–H and O–H groups in total. The first-order valence-corrected chi connectivity index (χ1v) is 10.5. The maximum Gasteiger partial charge on any atom is 0.255 e. The van der Waals surface area contributed by atoms with Crippen LogP contribution in [0.3, 0.4) is 0 Å². The third-order valence-electron chi connectivity index (χ3n) is 5.60. The molecule has 6 heteroatoms. The van der Waals surface area contributed by atoms with Gasteiger partial charge >= 0.3 is 0 Å². The fourth-order valence-corrected chi connectivity index (χ4v) is 4.80. The quantitative estimate of drug-likeness (QED) is 0.742. The van der Waals surface area contributed by atoms with Crippen LogP contribution in [0, 0.1) is 5.41 Å². The van der Waals surface area contributed by atoms with Gasteiger partial charge in [-0.1, -0.05) is 12.1 Å². The number of amides is 2. The topological polar surface area (TPSA) is 49.9 Å². The summed E-state index contributed by atoms with van der Waals surface area (Å²) in [5.41, 5.74) is 0.823. The van der Waals surface area contributed by atoms with E-state index in [9.17, 15) is 9.59 Å². The smallest absolute Gasteiger partial charge is 0.255 e. The Morgan fingerprint density at radius 2 is 2.08 bits per heavy atom. The number of hydrogen-bond donors (Lipinski definition) is 0. The number of nitrogens with zero attached hydrogens (tertiary/aromatic N) is 2. The number of likely N-dealkylation sites (tertiary alicyclic amines) is 2. The molecule has 2 heterocycles. The molecular weight excluding hydrogens is 348 g/mol. The van der Waals surface area contributed by atoms with Crippen LogP contribution in [0.2, 0.25) is 0 Å². The number of rotatable bonds is 5. The van der Waals surface area contributed by atoms with Crippen LogP contribution in [-0.4, -0.2) is 67.8 Å². The third-order valence-corrected chi connectivity index (χ3v) is 6.40. The Balaban J connectivity index is 1.74. The zero-order chi connectivity index (χ0) is 18.6. The van der Waals surface area contributed by atoms with Gasteiger partial charge < -0.3 is 14.5 Å². The largest absolute Gasteiger partial charge is 0.383 e. The van der Waals surface area contributed by atoms with E-state index in [0.717, 1.165) is 49.4 Å².